The SMILES string of the molecule is Cc1nc2nccc(Oc3ccc(NC(=O)Nc4cc(C(F)(F)F)ccc4F)c(F)c3)c2[nH]c1=O. The second kappa shape index (κ2) is 9.00. The van der Waals surface area contributed by atoms with E-state index >= 15 is 0 Å². The molecule has 0 unspecified atom stereocenters. The summed E-state index contributed by atoms with van der Waals surface area (Å²) in [5, 5.41) is 3.99. The Morgan fingerprint density at radius 2 is 1.74 bits per heavy atom. The van der Waals surface area contributed by atoms with Gasteiger partial charge >= 0.3 is 12.2 Å². The Kier molecular flexibility index (Phi) is 6.07. The number of anilines is 2. The number of ether oxygens (including phenoxy) is 1. The van der Waals surface area contributed by atoms with Gasteiger partial charge in [-0.15, -0.1) is 0 Å². The number of hydrogen-bond acceptors (Lipinski definition) is 5. The number of rotatable bonds is 4. The topological polar surface area (TPSA) is 109 Å². The Balaban J connectivity index is 1.51. The first kappa shape index (κ1) is 23.6. The van der Waals surface area contributed by atoms with Crippen molar-refractivity contribution < 1.29 is 31.5 Å². The number of urea groups is 1. The normalized spacial score (nSPS) is 11.4. The maximum Gasteiger partial charge on any atom is 0.416 e. The molecule has 180 valence electrons. The number of aromatic amines is 1. The van der Waals surface area contributed by atoms with Crippen LogP contribution in [0.1, 0.15) is 11.3 Å². The fourth-order valence-electron chi connectivity index (χ4n) is 3.00. The van der Waals surface area contributed by atoms with E-state index < -0.39 is 40.7 Å². The quantitative estimate of drug-likeness (QED) is 0.333. The van der Waals surface area contributed by atoms with Crippen LogP contribution in [0.4, 0.5) is 38.1 Å². The summed E-state index contributed by atoms with van der Waals surface area (Å²) < 4.78 is 72.4. The number of benzene rings is 2. The minimum absolute atomic E-state index is 0.00805. The molecule has 2 aromatic carbocycles. The van der Waals surface area contributed by atoms with Gasteiger partial charge in [-0.05, 0) is 37.3 Å². The van der Waals surface area contributed by atoms with Crippen LogP contribution >= 0.6 is 0 Å². The van der Waals surface area contributed by atoms with Crippen LogP contribution in [0, 0.1) is 18.6 Å². The van der Waals surface area contributed by atoms with Crippen LogP contribution in [0.2, 0.25) is 0 Å². The van der Waals surface area contributed by atoms with Crippen LogP contribution < -0.4 is 20.9 Å². The zero-order valence-electron chi connectivity index (χ0n) is 17.6. The Hall–Kier alpha value is -4.55. The van der Waals surface area contributed by atoms with E-state index in [-0.39, 0.29) is 34.0 Å². The minimum atomic E-state index is -4.75. The number of amides is 2. The maximum atomic E-state index is 14.6. The number of nitrogens with zero attached hydrogens (tertiary/aromatic N) is 2. The average Bonchev–Trinajstić information content (AvgIpc) is 2.78. The number of halogens is 5. The number of fused-ring (bicyclic) bond motifs is 1. The van der Waals surface area contributed by atoms with E-state index in [1.165, 1.54) is 25.3 Å². The van der Waals surface area contributed by atoms with Gasteiger partial charge in [-0.1, -0.05) is 0 Å². The molecule has 0 atom stereocenters. The summed E-state index contributed by atoms with van der Waals surface area (Å²) >= 11 is 0. The number of pyridine rings is 1. The van der Waals surface area contributed by atoms with Crippen molar-refractivity contribution in [2.45, 2.75) is 13.1 Å². The largest absolute Gasteiger partial charge is 0.455 e. The highest BCUT2D eigenvalue weighted by atomic mass is 19.4. The van der Waals surface area contributed by atoms with Crippen molar-refractivity contribution in [1.29, 1.82) is 0 Å². The van der Waals surface area contributed by atoms with Crippen molar-refractivity contribution in [3.05, 3.63) is 81.9 Å². The molecule has 2 amide bonds. The van der Waals surface area contributed by atoms with Crippen LogP contribution in [-0.2, 0) is 6.18 Å². The van der Waals surface area contributed by atoms with E-state index in [1.807, 2.05) is 5.32 Å². The van der Waals surface area contributed by atoms with Gasteiger partial charge in [0.1, 0.15) is 28.6 Å². The number of carbonyl (C=O) groups is 1. The van der Waals surface area contributed by atoms with Crippen LogP contribution in [0.3, 0.4) is 0 Å². The number of nitrogens with one attached hydrogen (secondary N) is 3. The molecule has 2 aromatic heterocycles. The van der Waals surface area contributed by atoms with Gasteiger partial charge in [0.15, 0.2) is 11.4 Å². The first-order valence-electron chi connectivity index (χ1n) is 9.79. The third-order valence-corrected chi connectivity index (χ3v) is 4.69. The number of H-pyrrole nitrogens is 1. The maximum absolute atomic E-state index is 14.6. The summed E-state index contributed by atoms with van der Waals surface area (Å²) in [5.41, 5.74) is -2.12. The van der Waals surface area contributed by atoms with E-state index in [4.69, 9.17) is 4.74 Å². The second-order valence-electron chi connectivity index (χ2n) is 7.17. The summed E-state index contributed by atoms with van der Waals surface area (Å²) in [5.74, 6) is -1.93. The zero-order chi connectivity index (χ0) is 25.3. The highest BCUT2D eigenvalue weighted by Gasteiger charge is 2.31. The second-order valence-corrected chi connectivity index (χ2v) is 7.17. The van der Waals surface area contributed by atoms with Crippen LogP contribution in [-0.4, -0.2) is 21.0 Å². The average molecular weight is 491 g/mol. The Bertz CT molecular complexity index is 1500. The third-order valence-electron chi connectivity index (χ3n) is 4.69. The molecule has 0 bridgehead atoms. The van der Waals surface area contributed by atoms with E-state index in [0.717, 1.165) is 12.1 Å². The summed E-state index contributed by atoms with van der Waals surface area (Å²) in [6, 6.07) is 5.09. The van der Waals surface area contributed by atoms with Gasteiger partial charge in [0.2, 0.25) is 0 Å². The van der Waals surface area contributed by atoms with Gasteiger partial charge in [0, 0.05) is 18.3 Å². The first-order chi connectivity index (χ1) is 16.5. The predicted molar refractivity (Wildman–Crippen MR) is 115 cm³/mol. The third kappa shape index (κ3) is 5.18. The number of aryl methyl sites for hydroxylation is 1. The summed E-state index contributed by atoms with van der Waals surface area (Å²) in [6.45, 7) is 1.51. The van der Waals surface area contributed by atoms with Crippen molar-refractivity contribution in [3.8, 4) is 11.5 Å². The number of alkyl halides is 3. The lowest BCUT2D eigenvalue weighted by Crippen LogP contribution is -2.21. The van der Waals surface area contributed by atoms with Gasteiger partial charge in [-0.2, -0.15) is 13.2 Å². The monoisotopic (exact) mass is 491 g/mol. The van der Waals surface area contributed by atoms with Crippen molar-refractivity contribution in [3.63, 3.8) is 0 Å². The van der Waals surface area contributed by atoms with Gasteiger partial charge < -0.3 is 20.4 Å². The minimum Gasteiger partial charge on any atom is -0.455 e. The van der Waals surface area contributed by atoms with E-state index in [9.17, 15) is 31.5 Å². The molecule has 0 aliphatic rings. The summed E-state index contributed by atoms with van der Waals surface area (Å²) in [7, 11) is 0. The fourth-order valence-corrected chi connectivity index (χ4v) is 3.00. The molecule has 0 saturated carbocycles. The van der Waals surface area contributed by atoms with Crippen LogP contribution in [0.25, 0.3) is 11.2 Å². The lowest BCUT2D eigenvalue weighted by molar-refractivity contribution is -0.137. The molecule has 2 heterocycles. The van der Waals surface area contributed by atoms with Crippen molar-refractivity contribution in [2.24, 2.45) is 0 Å². The van der Waals surface area contributed by atoms with Gasteiger partial charge in [-0.25, -0.2) is 23.5 Å². The zero-order valence-corrected chi connectivity index (χ0v) is 17.6. The Morgan fingerprint density at radius 1 is 1.00 bits per heavy atom. The van der Waals surface area contributed by atoms with E-state index in [0.29, 0.717) is 18.2 Å². The summed E-state index contributed by atoms with van der Waals surface area (Å²) in [6.07, 6.45) is -3.36. The molecule has 3 N–H and O–H groups in total. The lowest BCUT2D eigenvalue weighted by atomic mass is 10.2. The first-order valence-corrected chi connectivity index (χ1v) is 9.79. The predicted octanol–water partition coefficient (Wildman–Crippen LogP) is 5.36. The number of aromatic nitrogens is 3. The molecule has 0 aliphatic carbocycles. The molecular formula is C22H14F5N5O3. The Labute approximate surface area is 192 Å². The molecule has 4 aromatic rings. The van der Waals surface area contributed by atoms with E-state index in [1.54, 1.807) is 0 Å². The molecule has 35 heavy (non-hydrogen) atoms. The molecule has 13 heteroatoms. The highest BCUT2D eigenvalue weighted by molar-refractivity contribution is 6.00. The van der Waals surface area contributed by atoms with Crippen molar-refractivity contribution in [1.82, 2.24) is 15.0 Å². The molecular weight excluding hydrogens is 477 g/mol. The lowest BCUT2D eigenvalue weighted by Gasteiger charge is -2.13. The molecule has 8 nitrogen and oxygen atoms in total. The smallest absolute Gasteiger partial charge is 0.416 e. The number of hydrogen-bond donors (Lipinski definition) is 3. The van der Waals surface area contributed by atoms with Gasteiger partial charge in [-0.3, -0.25) is 4.79 Å². The molecule has 0 radical (unpaired) electrons. The standard InChI is InChI=1S/C22H14F5N5O3/c1-10-20(33)32-18-17(6-7-28-19(18)29-10)35-12-3-5-15(14(24)9-12)30-21(34)31-16-8-11(22(25,26)27)2-4-13(16)23/h2-9H,1H3,(H,32,33)(H2,30,31,34). The molecule has 0 saturated heterocycles. The summed E-state index contributed by atoms with van der Waals surface area (Å²) in [4.78, 5) is 34.6. The fraction of sp³-hybridized carbons (Fsp3) is 0.0909. The van der Waals surface area contributed by atoms with Crippen LogP contribution in [0.5, 0.6) is 11.5 Å². The van der Waals surface area contributed by atoms with Crippen molar-refractivity contribution >= 4 is 28.6 Å². The molecule has 0 spiro atoms. The molecule has 0 aliphatic heterocycles. The molecule has 0 fully saturated rings. The van der Waals surface area contributed by atoms with Gasteiger partial charge in [0.25, 0.3) is 5.56 Å². The Morgan fingerprint density at radius 3 is 2.46 bits per heavy atom. The molecule has 4 rings (SSSR count). The van der Waals surface area contributed by atoms with Crippen LogP contribution in [0.15, 0.2) is 53.5 Å². The van der Waals surface area contributed by atoms with Gasteiger partial charge in [0.05, 0.1) is 16.9 Å². The van der Waals surface area contributed by atoms with Crippen molar-refractivity contribution in [2.75, 3.05) is 10.6 Å². The highest BCUT2D eigenvalue weighted by Crippen LogP contribution is 2.32. The number of carbonyl (C=O) groups excluding carboxylic acids is 1. The van der Waals surface area contributed by atoms with E-state index in [2.05, 4.69) is 20.3 Å².